The molecule has 1 aliphatic rings. The van der Waals surface area contributed by atoms with Crippen molar-refractivity contribution in [3.05, 3.63) is 94.0 Å². The zero-order valence-corrected chi connectivity index (χ0v) is 21.6. The number of fused-ring (bicyclic) bond motifs is 1. The van der Waals surface area contributed by atoms with Gasteiger partial charge in [0, 0.05) is 33.4 Å². The fourth-order valence-electron chi connectivity index (χ4n) is 4.13. The molecule has 4 rings (SSSR count). The topological polar surface area (TPSA) is 87.2 Å². The maximum absolute atomic E-state index is 13.1. The highest BCUT2D eigenvalue weighted by molar-refractivity contribution is 6.35. The first kappa shape index (κ1) is 25.6. The summed E-state index contributed by atoms with van der Waals surface area (Å²) in [6.45, 7) is 3.64. The van der Waals surface area contributed by atoms with Crippen LogP contribution in [-0.4, -0.2) is 56.3 Å². The van der Waals surface area contributed by atoms with Crippen molar-refractivity contribution in [1.82, 2.24) is 4.90 Å². The first-order valence-electron chi connectivity index (χ1n) is 11.8. The Balaban J connectivity index is 1.41. The molecule has 0 bridgehead atoms. The number of imide groups is 1. The Labute approximate surface area is 216 Å². The first-order valence-corrected chi connectivity index (χ1v) is 11.8. The summed E-state index contributed by atoms with van der Waals surface area (Å²) in [6.07, 6.45) is 0. The van der Waals surface area contributed by atoms with Gasteiger partial charge in [-0.2, -0.15) is 0 Å². The fourth-order valence-corrected chi connectivity index (χ4v) is 4.13. The van der Waals surface area contributed by atoms with E-state index in [1.54, 1.807) is 13.1 Å². The summed E-state index contributed by atoms with van der Waals surface area (Å²) in [4.78, 5) is 55.9. The second-order valence-corrected chi connectivity index (χ2v) is 9.38. The highest BCUT2D eigenvalue weighted by atomic mass is 16.5. The highest BCUT2D eigenvalue weighted by Crippen LogP contribution is 2.32. The Hall–Kier alpha value is -4.46. The lowest BCUT2D eigenvalue weighted by Crippen LogP contribution is -2.31. The van der Waals surface area contributed by atoms with Gasteiger partial charge in [0.15, 0.2) is 6.61 Å². The van der Waals surface area contributed by atoms with Gasteiger partial charge in [0.25, 0.3) is 17.7 Å². The summed E-state index contributed by atoms with van der Waals surface area (Å²) in [5.74, 6) is -2.05. The number of nitrogens with zero attached hydrogens (tertiary/aromatic N) is 3. The molecule has 3 aromatic rings. The molecule has 3 aromatic carbocycles. The maximum atomic E-state index is 13.1. The lowest BCUT2D eigenvalue weighted by atomic mass is 10.1. The molecule has 0 fully saturated rings. The summed E-state index contributed by atoms with van der Waals surface area (Å²) < 4.78 is 5.22. The van der Waals surface area contributed by atoms with E-state index in [0.717, 1.165) is 27.3 Å². The van der Waals surface area contributed by atoms with E-state index in [-0.39, 0.29) is 22.6 Å². The van der Waals surface area contributed by atoms with Crippen LogP contribution < -0.4 is 9.80 Å². The van der Waals surface area contributed by atoms with Crippen LogP contribution in [0.1, 0.15) is 47.8 Å². The zero-order valence-electron chi connectivity index (χ0n) is 21.6. The number of anilines is 2. The predicted octanol–water partition coefficient (Wildman–Crippen LogP) is 3.99. The van der Waals surface area contributed by atoms with Gasteiger partial charge in [0.2, 0.25) is 0 Å². The van der Waals surface area contributed by atoms with Crippen molar-refractivity contribution in [2.45, 2.75) is 20.4 Å². The second kappa shape index (κ2) is 10.3. The molecule has 0 spiro atoms. The molecule has 0 N–H and O–H groups in total. The molecule has 0 aliphatic carbocycles. The molecule has 0 unspecified atom stereocenters. The van der Waals surface area contributed by atoms with Crippen molar-refractivity contribution in [3.8, 4) is 0 Å². The standard InChI is InChI=1S/C29H29N3O5/c1-18-6-7-19(2)25(14-18)32-27(34)23-13-10-21(15-24(23)28(32)35)29(36)37-17-26(33)31(5)16-20-8-11-22(12-9-20)30(3)4/h6-15H,16-17H2,1-5H3. The van der Waals surface area contributed by atoms with Crippen molar-refractivity contribution in [2.24, 2.45) is 0 Å². The molecule has 0 saturated carbocycles. The maximum Gasteiger partial charge on any atom is 0.338 e. The second-order valence-electron chi connectivity index (χ2n) is 9.38. The predicted molar refractivity (Wildman–Crippen MR) is 141 cm³/mol. The number of rotatable bonds is 7. The summed E-state index contributed by atoms with van der Waals surface area (Å²) in [5, 5.41) is 0. The Kier molecular flexibility index (Phi) is 7.11. The smallest absolute Gasteiger partial charge is 0.338 e. The fraction of sp³-hybridized carbons (Fsp3) is 0.241. The molecule has 0 radical (unpaired) electrons. The number of hydrogen-bond donors (Lipinski definition) is 0. The van der Waals surface area contributed by atoms with E-state index in [1.807, 2.05) is 69.2 Å². The molecule has 8 nitrogen and oxygen atoms in total. The van der Waals surface area contributed by atoms with Gasteiger partial charge in [0.1, 0.15) is 0 Å². The monoisotopic (exact) mass is 499 g/mol. The summed E-state index contributed by atoms with van der Waals surface area (Å²) in [5.41, 5.74) is 4.67. The van der Waals surface area contributed by atoms with Gasteiger partial charge in [-0.05, 0) is 66.9 Å². The number of carbonyl (C=O) groups is 4. The Morgan fingerprint density at radius 2 is 1.51 bits per heavy atom. The SMILES string of the molecule is Cc1ccc(C)c(N2C(=O)c3ccc(C(=O)OCC(=O)N(C)Cc4ccc(N(C)C)cc4)cc3C2=O)c1. The average molecular weight is 500 g/mol. The van der Waals surface area contributed by atoms with Gasteiger partial charge in [-0.1, -0.05) is 24.3 Å². The summed E-state index contributed by atoms with van der Waals surface area (Å²) in [6, 6.07) is 17.6. The highest BCUT2D eigenvalue weighted by Gasteiger charge is 2.38. The quantitative estimate of drug-likeness (QED) is 0.361. The van der Waals surface area contributed by atoms with Gasteiger partial charge in [-0.25, -0.2) is 9.69 Å². The van der Waals surface area contributed by atoms with Gasteiger partial charge < -0.3 is 14.5 Å². The van der Waals surface area contributed by atoms with Gasteiger partial charge >= 0.3 is 5.97 Å². The van der Waals surface area contributed by atoms with Crippen LogP contribution in [0.3, 0.4) is 0 Å². The van der Waals surface area contributed by atoms with E-state index in [4.69, 9.17) is 4.74 Å². The van der Waals surface area contributed by atoms with E-state index in [0.29, 0.717) is 12.2 Å². The van der Waals surface area contributed by atoms with Crippen molar-refractivity contribution < 1.29 is 23.9 Å². The minimum absolute atomic E-state index is 0.0949. The lowest BCUT2D eigenvalue weighted by Gasteiger charge is -2.18. The Morgan fingerprint density at radius 3 is 2.19 bits per heavy atom. The summed E-state index contributed by atoms with van der Waals surface area (Å²) in [7, 11) is 5.54. The molecular weight excluding hydrogens is 470 g/mol. The van der Waals surface area contributed by atoms with Crippen LogP contribution in [0.15, 0.2) is 60.7 Å². The number of ether oxygens (including phenoxy) is 1. The third kappa shape index (κ3) is 5.23. The van der Waals surface area contributed by atoms with Crippen LogP contribution in [0, 0.1) is 13.8 Å². The minimum atomic E-state index is -0.745. The van der Waals surface area contributed by atoms with E-state index >= 15 is 0 Å². The number of likely N-dealkylation sites (N-methyl/N-ethyl adjacent to an activating group) is 1. The summed E-state index contributed by atoms with van der Waals surface area (Å²) >= 11 is 0. The molecule has 1 aliphatic heterocycles. The van der Waals surface area contributed by atoms with Crippen LogP contribution in [-0.2, 0) is 16.1 Å². The molecule has 0 atom stereocenters. The van der Waals surface area contributed by atoms with Crippen molar-refractivity contribution in [1.29, 1.82) is 0 Å². The van der Waals surface area contributed by atoms with Crippen LogP contribution in [0.5, 0.6) is 0 Å². The van der Waals surface area contributed by atoms with E-state index in [2.05, 4.69) is 0 Å². The van der Waals surface area contributed by atoms with E-state index in [9.17, 15) is 19.2 Å². The number of carbonyl (C=O) groups excluding carboxylic acids is 4. The number of esters is 1. The zero-order chi connectivity index (χ0) is 26.9. The third-order valence-corrected chi connectivity index (χ3v) is 6.35. The van der Waals surface area contributed by atoms with Crippen LogP contribution in [0.2, 0.25) is 0 Å². The van der Waals surface area contributed by atoms with Crippen molar-refractivity contribution >= 4 is 35.1 Å². The van der Waals surface area contributed by atoms with E-state index < -0.39 is 24.4 Å². The average Bonchev–Trinajstić information content (AvgIpc) is 3.13. The van der Waals surface area contributed by atoms with Gasteiger partial charge in [-0.3, -0.25) is 14.4 Å². The molecule has 8 heteroatoms. The van der Waals surface area contributed by atoms with Gasteiger partial charge in [-0.15, -0.1) is 0 Å². The number of aryl methyl sites for hydroxylation is 2. The van der Waals surface area contributed by atoms with Crippen molar-refractivity contribution in [3.63, 3.8) is 0 Å². The Bertz CT molecular complexity index is 1400. The number of amides is 3. The molecule has 3 amide bonds. The molecular formula is C29H29N3O5. The normalized spacial score (nSPS) is 12.4. The molecule has 37 heavy (non-hydrogen) atoms. The van der Waals surface area contributed by atoms with Gasteiger partial charge in [0.05, 0.1) is 22.4 Å². The Morgan fingerprint density at radius 1 is 0.838 bits per heavy atom. The lowest BCUT2D eigenvalue weighted by molar-refractivity contribution is -0.133. The van der Waals surface area contributed by atoms with E-state index in [1.165, 1.54) is 23.1 Å². The molecule has 0 saturated heterocycles. The number of benzene rings is 3. The van der Waals surface area contributed by atoms with Crippen molar-refractivity contribution in [2.75, 3.05) is 37.5 Å². The molecule has 1 heterocycles. The third-order valence-electron chi connectivity index (χ3n) is 6.35. The largest absolute Gasteiger partial charge is 0.452 e. The van der Waals surface area contributed by atoms with Crippen LogP contribution >= 0.6 is 0 Å². The molecule has 0 aromatic heterocycles. The number of hydrogen-bond acceptors (Lipinski definition) is 6. The van der Waals surface area contributed by atoms with Crippen LogP contribution in [0.25, 0.3) is 0 Å². The molecule has 190 valence electrons. The van der Waals surface area contributed by atoms with Crippen LogP contribution in [0.4, 0.5) is 11.4 Å². The first-order chi connectivity index (χ1) is 17.6. The minimum Gasteiger partial charge on any atom is -0.452 e.